The van der Waals surface area contributed by atoms with Gasteiger partial charge < -0.3 is 9.15 Å². The van der Waals surface area contributed by atoms with E-state index in [2.05, 4.69) is 24.8 Å². The van der Waals surface area contributed by atoms with Crippen LogP contribution in [0, 0.1) is 6.92 Å². The lowest BCUT2D eigenvalue weighted by Crippen LogP contribution is -2.40. The molecule has 0 radical (unpaired) electrons. The second-order valence-corrected chi connectivity index (χ2v) is 11.3. The van der Waals surface area contributed by atoms with E-state index in [4.69, 9.17) is 9.15 Å². The van der Waals surface area contributed by atoms with Gasteiger partial charge in [-0.2, -0.15) is 0 Å². The summed E-state index contributed by atoms with van der Waals surface area (Å²) in [5.74, 6) is 0.765. The Labute approximate surface area is 178 Å². The molecule has 0 aliphatic carbocycles. The van der Waals surface area contributed by atoms with Crippen molar-refractivity contribution in [1.29, 1.82) is 0 Å². The van der Waals surface area contributed by atoms with Crippen molar-refractivity contribution in [3.8, 4) is 0 Å². The van der Waals surface area contributed by atoms with Gasteiger partial charge in [0.15, 0.2) is 9.84 Å². The van der Waals surface area contributed by atoms with Crippen molar-refractivity contribution < 1.29 is 17.6 Å². The molecule has 2 unspecified atom stereocenters. The van der Waals surface area contributed by atoms with Crippen molar-refractivity contribution in [2.45, 2.75) is 64.6 Å². The number of fused-ring (bicyclic) bond motifs is 1. The SMILES string of the molecule is Cc1cc2oc(=O)cc(CN(CC3CCCO3)C3CCS(=O)(=O)C3)c2cc1C(C)C. The van der Waals surface area contributed by atoms with Crippen LogP contribution in [0.4, 0.5) is 0 Å². The van der Waals surface area contributed by atoms with E-state index >= 15 is 0 Å². The van der Waals surface area contributed by atoms with E-state index < -0.39 is 9.84 Å². The highest BCUT2D eigenvalue weighted by molar-refractivity contribution is 7.91. The average molecular weight is 434 g/mol. The van der Waals surface area contributed by atoms with E-state index in [0.717, 1.165) is 36.0 Å². The average Bonchev–Trinajstić information content (AvgIpc) is 3.29. The fraction of sp³-hybridized carbons (Fsp3) is 0.609. The zero-order valence-corrected chi connectivity index (χ0v) is 18.8. The van der Waals surface area contributed by atoms with Crippen LogP contribution in [0.25, 0.3) is 11.0 Å². The van der Waals surface area contributed by atoms with Crippen molar-refractivity contribution in [2.24, 2.45) is 0 Å². The van der Waals surface area contributed by atoms with Gasteiger partial charge in [-0.3, -0.25) is 4.90 Å². The lowest BCUT2D eigenvalue weighted by atomic mass is 9.94. The lowest BCUT2D eigenvalue weighted by molar-refractivity contribution is 0.0576. The third kappa shape index (κ3) is 4.63. The molecule has 0 saturated carbocycles. The predicted octanol–water partition coefficient (Wildman–Crippen LogP) is 3.39. The summed E-state index contributed by atoms with van der Waals surface area (Å²) in [6, 6.07) is 5.59. The van der Waals surface area contributed by atoms with Crippen LogP contribution < -0.4 is 5.63 Å². The molecule has 3 heterocycles. The monoisotopic (exact) mass is 433 g/mol. The minimum absolute atomic E-state index is 0.0449. The molecule has 2 fully saturated rings. The fourth-order valence-corrected chi connectivity index (χ4v) is 6.58. The minimum Gasteiger partial charge on any atom is -0.423 e. The van der Waals surface area contributed by atoms with Crippen molar-refractivity contribution in [2.75, 3.05) is 24.7 Å². The molecule has 0 spiro atoms. The summed E-state index contributed by atoms with van der Waals surface area (Å²) in [7, 11) is -3.00. The van der Waals surface area contributed by atoms with Gasteiger partial charge >= 0.3 is 5.63 Å². The quantitative estimate of drug-likeness (QED) is 0.650. The van der Waals surface area contributed by atoms with E-state index in [1.165, 1.54) is 5.56 Å². The Morgan fingerprint density at radius 3 is 2.63 bits per heavy atom. The molecule has 1 aromatic heterocycles. The molecule has 2 aliphatic rings. The van der Waals surface area contributed by atoms with Crippen LogP contribution in [0.1, 0.15) is 55.7 Å². The largest absolute Gasteiger partial charge is 0.423 e. The number of nitrogens with zero attached hydrogens (tertiary/aromatic N) is 1. The van der Waals surface area contributed by atoms with Gasteiger partial charge in [-0.05, 0) is 60.9 Å². The van der Waals surface area contributed by atoms with Crippen LogP contribution in [-0.2, 0) is 21.1 Å². The maximum absolute atomic E-state index is 12.3. The number of rotatable bonds is 6. The maximum atomic E-state index is 12.3. The van der Waals surface area contributed by atoms with Crippen LogP contribution in [0.15, 0.2) is 27.4 Å². The molecular formula is C23H31NO5S. The van der Waals surface area contributed by atoms with E-state index in [9.17, 15) is 13.2 Å². The van der Waals surface area contributed by atoms with E-state index in [1.807, 2.05) is 13.0 Å². The first-order valence-electron chi connectivity index (χ1n) is 10.9. The van der Waals surface area contributed by atoms with Gasteiger partial charge in [0.1, 0.15) is 5.58 Å². The zero-order chi connectivity index (χ0) is 21.5. The number of hydrogen-bond donors (Lipinski definition) is 0. The van der Waals surface area contributed by atoms with Crippen molar-refractivity contribution in [3.63, 3.8) is 0 Å². The summed E-state index contributed by atoms with van der Waals surface area (Å²) in [5, 5.41) is 0.932. The second kappa shape index (κ2) is 8.44. The Kier molecular flexibility index (Phi) is 6.06. The van der Waals surface area contributed by atoms with Crippen molar-refractivity contribution in [1.82, 2.24) is 4.90 Å². The summed E-state index contributed by atoms with van der Waals surface area (Å²) in [6.45, 7) is 8.30. The Morgan fingerprint density at radius 2 is 2.00 bits per heavy atom. The highest BCUT2D eigenvalue weighted by atomic mass is 32.2. The Balaban J connectivity index is 1.72. The highest BCUT2D eigenvalue weighted by Crippen LogP contribution is 2.29. The molecule has 30 heavy (non-hydrogen) atoms. The smallest absolute Gasteiger partial charge is 0.336 e. The standard InChI is InChI=1S/C23H31NO5S/c1-15(2)20-11-21-17(10-23(25)29-22(21)9-16(20)3)12-24(13-19-5-4-7-28-19)18-6-8-30(26,27)14-18/h9-11,15,18-19H,4-8,12-14H2,1-3H3. The molecule has 0 bridgehead atoms. The summed E-state index contributed by atoms with van der Waals surface area (Å²) in [6.07, 6.45) is 2.78. The van der Waals surface area contributed by atoms with Crippen LogP contribution in [0.3, 0.4) is 0 Å². The molecule has 4 rings (SSSR count). The molecule has 2 atom stereocenters. The van der Waals surface area contributed by atoms with Crippen molar-refractivity contribution in [3.05, 3.63) is 45.3 Å². The van der Waals surface area contributed by atoms with Gasteiger partial charge in [0.05, 0.1) is 17.6 Å². The normalized spacial score (nSPS) is 23.8. The molecular weight excluding hydrogens is 402 g/mol. The van der Waals surface area contributed by atoms with Crippen LogP contribution in [0.2, 0.25) is 0 Å². The lowest BCUT2D eigenvalue weighted by Gasteiger charge is -2.30. The molecule has 2 aliphatic heterocycles. The maximum Gasteiger partial charge on any atom is 0.336 e. The Bertz CT molecular complexity index is 1080. The summed E-state index contributed by atoms with van der Waals surface area (Å²) in [5.41, 5.74) is 3.45. The molecule has 2 aromatic rings. The molecule has 2 saturated heterocycles. The second-order valence-electron chi connectivity index (χ2n) is 9.07. The molecule has 164 valence electrons. The molecule has 7 heteroatoms. The fourth-order valence-electron chi connectivity index (χ4n) is 4.82. The third-order valence-electron chi connectivity index (χ3n) is 6.40. The first-order valence-corrected chi connectivity index (χ1v) is 12.7. The number of ether oxygens (including phenoxy) is 1. The van der Waals surface area contributed by atoms with Crippen LogP contribution in [-0.4, -0.2) is 50.1 Å². The Morgan fingerprint density at radius 1 is 1.20 bits per heavy atom. The van der Waals surface area contributed by atoms with Gasteiger partial charge in [-0.25, -0.2) is 13.2 Å². The van der Waals surface area contributed by atoms with Gasteiger partial charge in [0, 0.05) is 37.2 Å². The summed E-state index contributed by atoms with van der Waals surface area (Å²) in [4.78, 5) is 14.5. The van der Waals surface area contributed by atoms with Crippen molar-refractivity contribution >= 4 is 20.8 Å². The molecule has 1 aromatic carbocycles. The predicted molar refractivity (Wildman–Crippen MR) is 118 cm³/mol. The zero-order valence-electron chi connectivity index (χ0n) is 18.0. The van der Waals surface area contributed by atoms with Crippen LogP contribution >= 0.6 is 0 Å². The number of benzene rings is 1. The van der Waals surface area contributed by atoms with Gasteiger partial charge in [0.25, 0.3) is 0 Å². The van der Waals surface area contributed by atoms with E-state index in [1.54, 1.807) is 6.07 Å². The third-order valence-corrected chi connectivity index (χ3v) is 8.15. The van der Waals surface area contributed by atoms with Gasteiger partial charge in [0.2, 0.25) is 0 Å². The molecule has 6 nitrogen and oxygen atoms in total. The van der Waals surface area contributed by atoms with E-state index in [-0.39, 0.29) is 29.3 Å². The van der Waals surface area contributed by atoms with Gasteiger partial charge in [-0.1, -0.05) is 13.8 Å². The topological polar surface area (TPSA) is 76.8 Å². The first kappa shape index (κ1) is 21.5. The van der Waals surface area contributed by atoms with E-state index in [0.29, 0.717) is 31.0 Å². The number of sulfone groups is 1. The number of hydrogen-bond acceptors (Lipinski definition) is 6. The highest BCUT2D eigenvalue weighted by Gasteiger charge is 2.34. The summed E-state index contributed by atoms with van der Waals surface area (Å²) >= 11 is 0. The first-order chi connectivity index (χ1) is 14.2. The minimum atomic E-state index is -3.00. The molecule has 0 amide bonds. The number of aryl methyl sites for hydroxylation is 1. The summed E-state index contributed by atoms with van der Waals surface area (Å²) < 4.78 is 35.6. The Hall–Kier alpha value is -1.70. The van der Waals surface area contributed by atoms with Crippen LogP contribution in [0.5, 0.6) is 0 Å². The van der Waals surface area contributed by atoms with Gasteiger partial charge in [-0.15, -0.1) is 0 Å². The molecule has 0 N–H and O–H groups in total.